The molecule has 0 bridgehead atoms. The predicted octanol–water partition coefficient (Wildman–Crippen LogP) is 4.17. The molecule has 142 valence electrons. The Hall–Kier alpha value is -1.72. The van der Waals surface area contributed by atoms with E-state index in [2.05, 4.69) is 49.7 Å². The molecule has 5 heteroatoms. The molecule has 0 aliphatic carbocycles. The van der Waals surface area contributed by atoms with Crippen molar-refractivity contribution in [1.82, 2.24) is 14.8 Å². The third-order valence-corrected chi connectivity index (χ3v) is 5.27. The molecule has 0 unspecified atom stereocenters. The van der Waals surface area contributed by atoms with Gasteiger partial charge in [-0.3, -0.25) is 4.79 Å². The fraction of sp³-hybridized carbons (Fsp3) is 0.524. The number of likely N-dealkylation sites (N-methyl/N-ethyl adjacent to an activating group) is 1. The Morgan fingerprint density at radius 3 is 2.42 bits per heavy atom. The summed E-state index contributed by atoms with van der Waals surface area (Å²) >= 11 is 1.57. The van der Waals surface area contributed by atoms with E-state index < -0.39 is 0 Å². The Labute approximate surface area is 161 Å². The molecule has 0 spiro atoms. The fourth-order valence-corrected chi connectivity index (χ4v) is 3.74. The lowest BCUT2D eigenvalue weighted by molar-refractivity contribution is 0.0711. The van der Waals surface area contributed by atoms with Crippen LogP contribution in [0.5, 0.6) is 0 Å². The van der Waals surface area contributed by atoms with Crippen LogP contribution in [0.25, 0.3) is 0 Å². The van der Waals surface area contributed by atoms with Crippen molar-refractivity contribution in [2.75, 3.05) is 32.7 Å². The van der Waals surface area contributed by atoms with E-state index in [4.69, 9.17) is 0 Å². The molecule has 0 saturated heterocycles. The molecule has 1 aromatic heterocycles. The zero-order valence-electron chi connectivity index (χ0n) is 16.4. The minimum atomic E-state index is 0.0569. The maximum Gasteiger partial charge on any atom is 0.273 e. The second kappa shape index (κ2) is 10.4. The number of hydrogen-bond acceptors (Lipinski definition) is 4. The third kappa shape index (κ3) is 6.22. The molecule has 2 rings (SSSR count). The van der Waals surface area contributed by atoms with E-state index in [1.54, 1.807) is 11.3 Å². The van der Waals surface area contributed by atoms with Gasteiger partial charge in [-0.2, -0.15) is 0 Å². The SMILES string of the molecule is CCN(CC)CCN(CC(C)C)C(=O)c1csc(Cc2ccccc2)n1. The van der Waals surface area contributed by atoms with Crippen molar-refractivity contribution >= 4 is 17.2 Å². The van der Waals surface area contributed by atoms with Gasteiger partial charge in [-0.1, -0.05) is 58.0 Å². The van der Waals surface area contributed by atoms with Gasteiger partial charge >= 0.3 is 0 Å². The van der Waals surface area contributed by atoms with E-state index in [1.807, 2.05) is 28.5 Å². The first-order valence-electron chi connectivity index (χ1n) is 9.53. The molecular weight excluding hydrogens is 342 g/mol. The smallest absolute Gasteiger partial charge is 0.273 e. The Bertz CT molecular complexity index is 665. The van der Waals surface area contributed by atoms with Crippen molar-refractivity contribution in [3.8, 4) is 0 Å². The van der Waals surface area contributed by atoms with Crippen molar-refractivity contribution in [3.05, 3.63) is 52.0 Å². The average molecular weight is 374 g/mol. The lowest BCUT2D eigenvalue weighted by Crippen LogP contribution is -2.40. The number of nitrogens with zero attached hydrogens (tertiary/aromatic N) is 3. The van der Waals surface area contributed by atoms with Crippen LogP contribution in [0.15, 0.2) is 35.7 Å². The first kappa shape index (κ1) is 20.6. The van der Waals surface area contributed by atoms with Gasteiger partial charge in [0.05, 0.1) is 5.01 Å². The zero-order valence-corrected chi connectivity index (χ0v) is 17.3. The lowest BCUT2D eigenvalue weighted by Gasteiger charge is -2.27. The van der Waals surface area contributed by atoms with Gasteiger partial charge in [-0.15, -0.1) is 11.3 Å². The summed E-state index contributed by atoms with van der Waals surface area (Å²) in [4.78, 5) is 21.9. The van der Waals surface area contributed by atoms with Crippen LogP contribution in [-0.4, -0.2) is 53.4 Å². The van der Waals surface area contributed by atoms with Gasteiger partial charge in [-0.25, -0.2) is 4.98 Å². The first-order chi connectivity index (χ1) is 12.5. The number of thiazole rings is 1. The number of carbonyl (C=O) groups is 1. The second-order valence-electron chi connectivity index (χ2n) is 6.96. The van der Waals surface area contributed by atoms with E-state index in [1.165, 1.54) is 5.56 Å². The molecule has 0 radical (unpaired) electrons. The monoisotopic (exact) mass is 373 g/mol. The van der Waals surface area contributed by atoms with Crippen LogP contribution < -0.4 is 0 Å². The Morgan fingerprint density at radius 2 is 1.81 bits per heavy atom. The number of rotatable bonds is 10. The molecule has 0 N–H and O–H groups in total. The highest BCUT2D eigenvalue weighted by Gasteiger charge is 2.20. The summed E-state index contributed by atoms with van der Waals surface area (Å²) in [5.41, 5.74) is 1.81. The minimum absolute atomic E-state index is 0.0569. The molecule has 1 aromatic carbocycles. The van der Waals surface area contributed by atoms with Crippen molar-refractivity contribution in [3.63, 3.8) is 0 Å². The van der Waals surface area contributed by atoms with E-state index >= 15 is 0 Å². The fourth-order valence-electron chi connectivity index (χ4n) is 2.94. The van der Waals surface area contributed by atoms with Gasteiger partial charge in [0.25, 0.3) is 5.91 Å². The highest BCUT2D eigenvalue weighted by molar-refractivity contribution is 7.09. The van der Waals surface area contributed by atoms with E-state index in [0.29, 0.717) is 11.6 Å². The number of amides is 1. The summed E-state index contributed by atoms with van der Waals surface area (Å²) in [7, 11) is 0. The van der Waals surface area contributed by atoms with Gasteiger partial charge in [0, 0.05) is 31.4 Å². The summed E-state index contributed by atoms with van der Waals surface area (Å²) in [6.45, 7) is 13.1. The van der Waals surface area contributed by atoms with Crippen LogP contribution in [0.1, 0.15) is 48.8 Å². The lowest BCUT2D eigenvalue weighted by atomic mass is 10.2. The molecule has 4 nitrogen and oxygen atoms in total. The van der Waals surface area contributed by atoms with Crippen molar-refractivity contribution in [2.45, 2.75) is 34.1 Å². The predicted molar refractivity (Wildman–Crippen MR) is 110 cm³/mol. The van der Waals surface area contributed by atoms with Crippen LogP contribution in [0.2, 0.25) is 0 Å². The highest BCUT2D eigenvalue weighted by Crippen LogP contribution is 2.16. The molecule has 2 aromatic rings. The molecule has 26 heavy (non-hydrogen) atoms. The molecule has 0 saturated carbocycles. The molecule has 0 aliphatic rings. The Morgan fingerprint density at radius 1 is 1.12 bits per heavy atom. The third-order valence-electron chi connectivity index (χ3n) is 4.42. The van der Waals surface area contributed by atoms with Crippen molar-refractivity contribution < 1.29 is 4.79 Å². The summed E-state index contributed by atoms with van der Waals surface area (Å²) < 4.78 is 0. The maximum absolute atomic E-state index is 13.0. The van der Waals surface area contributed by atoms with E-state index in [0.717, 1.165) is 44.2 Å². The second-order valence-corrected chi connectivity index (χ2v) is 7.90. The number of hydrogen-bond donors (Lipinski definition) is 0. The highest BCUT2D eigenvalue weighted by atomic mass is 32.1. The normalized spacial score (nSPS) is 11.3. The molecule has 1 amide bonds. The van der Waals surface area contributed by atoms with Crippen LogP contribution in [0.4, 0.5) is 0 Å². The van der Waals surface area contributed by atoms with E-state index in [-0.39, 0.29) is 5.91 Å². The number of aromatic nitrogens is 1. The van der Waals surface area contributed by atoms with Crippen molar-refractivity contribution in [1.29, 1.82) is 0 Å². The standard InChI is InChI=1S/C21H31N3OS/c1-5-23(6-2)12-13-24(15-17(3)4)21(25)19-16-26-20(22-19)14-18-10-8-7-9-11-18/h7-11,16-17H,5-6,12-15H2,1-4H3. The zero-order chi connectivity index (χ0) is 18.9. The van der Waals surface area contributed by atoms with Crippen LogP contribution >= 0.6 is 11.3 Å². The minimum Gasteiger partial charge on any atom is -0.336 e. The maximum atomic E-state index is 13.0. The van der Waals surface area contributed by atoms with Crippen LogP contribution in [0, 0.1) is 5.92 Å². The van der Waals surface area contributed by atoms with E-state index in [9.17, 15) is 4.79 Å². The molecule has 0 aliphatic heterocycles. The summed E-state index contributed by atoms with van der Waals surface area (Å²) in [6.07, 6.45) is 0.780. The summed E-state index contributed by atoms with van der Waals surface area (Å²) in [5.74, 6) is 0.500. The molecule has 1 heterocycles. The quantitative estimate of drug-likeness (QED) is 0.627. The van der Waals surface area contributed by atoms with Gasteiger partial charge in [0.15, 0.2) is 0 Å². The molecular formula is C21H31N3OS. The average Bonchev–Trinajstić information content (AvgIpc) is 3.10. The van der Waals surface area contributed by atoms with Gasteiger partial charge in [0.1, 0.15) is 5.69 Å². The topological polar surface area (TPSA) is 36.4 Å². The van der Waals surface area contributed by atoms with Crippen molar-refractivity contribution in [2.24, 2.45) is 5.92 Å². The number of benzene rings is 1. The summed E-state index contributed by atoms with van der Waals surface area (Å²) in [6, 6.07) is 10.3. The van der Waals surface area contributed by atoms with Gasteiger partial charge in [0.2, 0.25) is 0 Å². The van der Waals surface area contributed by atoms with Crippen LogP contribution in [0.3, 0.4) is 0 Å². The largest absolute Gasteiger partial charge is 0.336 e. The molecule has 0 fully saturated rings. The molecule has 0 atom stereocenters. The number of carbonyl (C=O) groups excluding carboxylic acids is 1. The van der Waals surface area contributed by atoms with Crippen LogP contribution in [-0.2, 0) is 6.42 Å². The Kier molecular flexibility index (Phi) is 8.26. The van der Waals surface area contributed by atoms with Gasteiger partial charge in [-0.05, 0) is 24.6 Å². The first-order valence-corrected chi connectivity index (χ1v) is 10.4. The Balaban J connectivity index is 2.04. The summed E-state index contributed by atoms with van der Waals surface area (Å²) in [5, 5.41) is 2.90. The van der Waals surface area contributed by atoms with Gasteiger partial charge < -0.3 is 9.80 Å².